The average Bonchev–Trinajstić information content (AvgIpc) is 2.85. The zero-order valence-corrected chi connectivity index (χ0v) is 19.5. The van der Waals surface area contributed by atoms with E-state index in [-0.39, 0.29) is 17.6 Å². The van der Waals surface area contributed by atoms with Crippen LogP contribution in [0.4, 0.5) is 0 Å². The fourth-order valence-corrected chi connectivity index (χ4v) is 2.79. The highest BCUT2D eigenvalue weighted by molar-refractivity contribution is 5.98. The van der Waals surface area contributed by atoms with Crippen LogP contribution in [0, 0.1) is 5.92 Å². The first-order valence-corrected chi connectivity index (χ1v) is 11.1. The summed E-state index contributed by atoms with van der Waals surface area (Å²) in [7, 11) is 0. The van der Waals surface area contributed by atoms with Gasteiger partial charge in [0.2, 0.25) is 0 Å². The van der Waals surface area contributed by atoms with E-state index in [0.29, 0.717) is 35.8 Å². The van der Waals surface area contributed by atoms with Gasteiger partial charge in [-0.15, -0.1) is 0 Å². The van der Waals surface area contributed by atoms with Crippen LogP contribution in [0.25, 0.3) is 0 Å². The first kappa shape index (κ1) is 26.5. The predicted octanol–water partition coefficient (Wildman–Crippen LogP) is 2.56. The molecular formula is C24H33N5O5. The molecule has 0 fully saturated rings. The number of benzene rings is 2. The molecule has 0 saturated heterocycles. The summed E-state index contributed by atoms with van der Waals surface area (Å²) in [5, 5.41) is 15.4. The lowest BCUT2D eigenvalue weighted by atomic mass is 10.1. The van der Waals surface area contributed by atoms with Gasteiger partial charge in [0, 0.05) is 11.1 Å². The quantitative estimate of drug-likeness (QED) is 0.0863. The number of rotatable bonds is 13. The second-order valence-electron chi connectivity index (χ2n) is 7.96. The van der Waals surface area contributed by atoms with Crippen molar-refractivity contribution in [2.24, 2.45) is 33.4 Å². The minimum atomic E-state index is -0.763. The van der Waals surface area contributed by atoms with Crippen LogP contribution in [0.3, 0.4) is 0 Å². The van der Waals surface area contributed by atoms with Gasteiger partial charge >= 0.3 is 5.97 Å². The third-order valence-electron chi connectivity index (χ3n) is 4.92. The third-order valence-corrected chi connectivity index (χ3v) is 4.92. The molecule has 0 aromatic heterocycles. The number of ether oxygens (including phenoxy) is 2. The Hall–Kier alpha value is -3.79. The summed E-state index contributed by atoms with van der Waals surface area (Å²) in [5.74, 6) is 0.694. The minimum absolute atomic E-state index is 0.0380. The van der Waals surface area contributed by atoms with Gasteiger partial charge in [-0.2, -0.15) is 0 Å². The minimum Gasteiger partial charge on any atom is -0.494 e. The van der Waals surface area contributed by atoms with E-state index in [1.54, 1.807) is 36.4 Å². The van der Waals surface area contributed by atoms with Crippen molar-refractivity contribution in [3.63, 3.8) is 0 Å². The lowest BCUT2D eigenvalue weighted by Gasteiger charge is -2.11. The molecule has 7 N–H and O–H groups in total. The van der Waals surface area contributed by atoms with Crippen molar-refractivity contribution in [1.82, 2.24) is 0 Å². The lowest BCUT2D eigenvalue weighted by Crippen LogP contribution is -2.36. The van der Waals surface area contributed by atoms with E-state index in [0.717, 1.165) is 19.3 Å². The molecule has 0 bridgehead atoms. The fraction of sp³-hybridized carbons (Fsp3) is 0.375. The van der Waals surface area contributed by atoms with Crippen molar-refractivity contribution in [3.05, 3.63) is 59.7 Å². The van der Waals surface area contributed by atoms with Crippen LogP contribution in [-0.4, -0.2) is 42.1 Å². The molecule has 0 saturated carbocycles. The number of hydrogen-bond acceptors (Lipinski definition) is 8. The molecule has 1 unspecified atom stereocenters. The third kappa shape index (κ3) is 8.62. The number of unbranched alkanes of at least 4 members (excludes halogenated alkanes) is 2. The van der Waals surface area contributed by atoms with Crippen LogP contribution in [0.5, 0.6) is 11.5 Å². The summed E-state index contributed by atoms with van der Waals surface area (Å²) >= 11 is 0. The topological polar surface area (TPSA) is 168 Å². The molecule has 0 aliphatic carbocycles. The number of nitrogens with two attached hydrogens (primary N) is 3. The number of hydrogen-bond donors (Lipinski definition) is 4. The molecule has 2 rings (SSSR count). The summed E-state index contributed by atoms with van der Waals surface area (Å²) in [4.78, 5) is 16.6. The number of carbonyl (C=O) groups excluding carboxylic acids is 1. The van der Waals surface area contributed by atoms with Crippen LogP contribution < -0.4 is 26.7 Å². The van der Waals surface area contributed by atoms with Gasteiger partial charge in [0.15, 0.2) is 11.7 Å². The number of amidine groups is 2. The molecule has 0 heterocycles. The molecule has 2 aromatic rings. The summed E-state index contributed by atoms with van der Waals surface area (Å²) in [6.07, 6.45) is 2.60. The standard InChI is InChI=1S/C24H33N5O5/c1-16(2)21(25)24(30)34-29-23(27)18-9-7-11-20(15-18)33-13-5-3-4-12-32-19-10-6-8-17(14-19)22(26)28-31/h6-11,14-16,21,31H,3-5,12-13,25H2,1-2H3,(H2,26,28)(H2,27,29). The monoisotopic (exact) mass is 471 g/mol. The first-order valence-electron chi connectivity index (χ1n) is 11.1. The van der Waals surface area contributed by atoms with Gasteiger partial charge in [0.25, 0.3) is 0 Å². The number of nitrogens with zero attached hydrogens (tertiary/aromatic N) is 2. The van der Waals surface area contributed by atoms with Gasteiger partial charge in [-0.3, -0.25) is 0 Å². The Morgan fingerprint density at radius 1 is 0.912 bits per heavy atom. The van der Waals surface area contributed by atoms with E-state index in [9.17, 15) is 4.79 Å². The van der Waals surface area contributed by atoms with Crippen molar-refractivity contribution >= 4 is 17.6 Å². The normalized spacial score (nSPS) is 12.9. The molecule has 2 aromatic carbocycles. The molecule has 184 valence electrons. The zero-order chi connectivity index (χ0) is 24.9. The van der Waals surface area contributed by atoms with Crippen LogP contribution in [0.2, 0.25) is 0 Å². The van der Waals surface area contributed by atoms with Crippen LogP contribution in [0.15, 0.2) is 58.8 Å². The maximum atomic E-state index is 11.8. The van der Waals surface area contributed by atoms with E-state index in [4.69, 9.17) is 36.7 Å². The fourth-order valence-electron chi connectivity index (χ4n) is 2.79. The van der Waals surface area contributed by atoms with Gasteiger partial charge in [0.05, 0.1) is 13.2 Å². The van der Waals surface area contributed by atoms with Gasteiger partial charge in [0.1, 0.15) is 17.5 Å². The molecule has 10 heteroatoms. The Kier molecular flexibility index (Phi) is 10.7. The van der Waals surface area contributed by atoms with Crippen molar-refractivity contribution in [2.75, 3.05) is 13.2 Å². The highest BCUT2D eigenvalue weighted by Gasteiger charge is 2.19. The Balaban J connectivity index is 1.71. The van der Waals surface area contributed by atoms with Crippen molar-refractivity contribution in [2.45, 2.75) is 39.2 Å². The van der Waals surface area contributed by atoms with E-state index in [1.165, 1.54) is 0 Å². The van der Waals surface area contributed by atoms with Crippen molar-refractivity contribution < 1.29 is 24.3 Å². The summed E-state index contributed by atoms with van der Waals surface area (Å²) < 4.78 is 11.5. The van der Waals surface area contributed by atoms with Crippen molar-refractivity contribution in [1.29, 1.82) is 0 Å². The van der Waals surface area contributed by atoms with E-state index >= 15 is 0 Å². The molecule has 1 atom stereocenters. The van der Waals surface area contributed by atoms with Crippen molar-refractivity contribution in [3.8, 4) is 11.5 Å². The molecular weight excluding hydrogens is 438 g/mol. The SMILES string of the molecule is CC(C)C(N)C(=O)O/N=C(\N)c1cccc(OCCCCCOc2cccc(/C(N)=N/O)c2)c1. The van der Waals surface area contributed by atoms with Crippen LogP contribution in [-0.2, 0) is 9.63 Å². The van der Waals surface area contributed by atoms with Crippen LogP contribution >= 0.6 is 0 Å². The zero-order valence-electron chi connectivity index (χ0n) is 19.5. The highest BCUT2D eigenvalue weighted by Crippen LogP contribution is 2.16. The van der Waals surface area contributed by atoms with Gasteiger partial charge in [-0.05, 0) is 49.4 Å². The maximum absolute atomic E-state index is 11.8. The molecule has 0 spiro atoms. The van der Waals surface area contributed by atoms with Gasteiger partial charge in [-0.25, -0.2) is 4.79 Å². The second-order valence-corrected chi connectivity index (χ2v) is 7.96. The van der Waals surface area contributed by atoms with Gasteiger partial charge < -0.3 is 36.7 Å². The molecule has 10 nitrogen and oxygen atoms in total. The summed E-state index contributed by atoms with van der Waals surface area (Å²) in [6, 6.07) is 13.4. The largest absolute Gasteiger partial charge is 0.494 e. The Labute approximate surface area is 199 Å². The van der Waals surface area contributed by atoms with E-state index in [1.807, 2.05) is 26.0 Å². The Bertz CT molecular complexity index is 993. The second kappa shape index (κ2) is 13.7. The highest BCUT2D eigenvalue weighted by atomic mass is 16.7. The van der Waals surface area contributed by atoms with Gasteiger partial charge in [-0.1, -0.05) is 48.4 Å². The Morgan fingerprint density at radius 3 is 1.94 bits per heavy atom. The molecule has 0 aliphatic rings. The van der Waals surface area contributed by atoms with E-state index < -0.39 is 12.0 Å². The summed E-state index contributed by atoms with van der Waals surface area (Å²) in [5.41, 5.74) is 18.4. The first-order chi connectivity index (χ1) is 16.3. The lowest BCUT2D eigenvalue weighted by molar-refractivity contribution is -0.146. The number of carbonyl (C=O) groups is 1. The maximum Gasteiger partial charge on any atom is 0.351 e. The smallest absolute Gasteiger partial charge is 0.351 e. The van der Waals surface area contributed by atoms with Crippen LogP contribution in [0.1, 0.15) is 44.2 Å². The van der Waals surface area contributed by atoms with E-state index in [2.05, 4.69) is 10.3 Å². The molecule has 0 amide bonds. The summed E-state index contributed by atoms with van der Waals surface area (Å²) in [6.45, 7) is 4.70. The average molecular weight is 472 g/mol. The number of oxime groups is 2. The molecule has 34 heavy (non-hydrogen) atoms. The predicted molar refractivity (Wildman–Crippen MR) is 130 cm³/mol. The molecule has 0 radical (unpaired) electrons. The Morgan fingerprint density at radius 2 is 1.44 bits per heavy atom. The molecule has 0 aliphatic heterocycles.